The van der Waals surface area contributed by atoms with Crippen molar-refractivity contribution in [2.75, 3.05) is 6.54 Å². The standard InChI is InChI=1S/C12H27BN2O/c1-4-6-12(11(14)5-2)15-8-7-10(13)9(3)16/h9-12,15-16H,4-8,14H2,1-3H3/t9?,10-,11?,12?/m1/s1. The number of aliphatic hydroxyl groups is 1. The van der Waals surface area contributed by atoms with E-state index in [9.17, 15) is 5.11 Å². The summed E-state index contributed by atoms with van der Waals surface area (Å²) in [5.74, 6) is -0.146. The molecule has 0 spiro atoms. The van der Waals surface area contributed by atoms with Gasteiger partial charge in [-0.15, -0.1) is 0 Å². The lowest BCUT2D eigenvalue weighted by atomic mass is 9.80. The van der Waals surface area contributed by atoms with E-state index < -0.39 is 6.10 Å². The maximum absolute atomic E-state index is 9.27. The van der Waals surface area contributed by atoms with E-state index in [1.165, 1.54) is 0 Å². The molecular weight excluding hydrogens is 199 g/mol. The van der Waals surface area contributed by atoms with Gasteiger partial charge in [0.2, 0.25) is 0 Å². The van der Waals surface area contributed by atoms with Crippen molar-refractivity contribution in [3.63, 3.8) is 0 Å². The fourth-order valence-electron chi connectivity index (χ4n) is 1.74. The third kappa shape index (κ3) is 6.51. The average Bonchev–Trinajstić information content (AvgIpc) is 2.26. The molecule has 16 heavy (non-hydrogen) atoms. The van der Waals surface area contributed by atoms with E-state index in [4.69, 9.17) is 13.6 Å². The highest BCUT2D eigenvalue weighted by Gasteiger charge is 2.15. The molecule has 0 heterocycles. The van der Waals surface area contributed by atoms with Gasteiger partial charge in [-0.05, 0) is 32.7 Å². The molecule has 3 unspecified atom stereocenters. The molecule has 2 radical (unpaired) electrons. The topological polar surface area (TPSA) is 58.3 Å². The summed E-state index contributed by atoms with van der Waals surface area (Å²) in [5, 5.41) is 12.7. The molecule has 0 fully saturated rings. The minimum Gasteiger partial charge on any atom is -0.394 e. The van der Waals surface area contributed by atoms with Crippen molar-refractivity contribution in [2.24, 2.45) is 5.73 Å². The predicted octanol–water partition coefficient (Wildman–Crippen LogP) is 1.21. The van der Waals surface area contributed by atoms with Crippen LogP contribution in [-0.2, 0) is 0 Å². The van der Waals surface area contributed by atoms with Crippen LogP contribution < -0.4 is 11.1 Å². The van der Waals surface area contributed by atoms with E-state index in [2.05, 4.69) is 19.2 Å². The number of rotatable bonds is 9. The fraction of sp³-hybridized carbons (Fsp3) is 1.00. The Balaban J connectivity index is 3.84. The summed E-state index contributed by atoms with van der Waals surface area (Å²) in [4.78, 5) is 0. The summed E-state index contributed by atoms with van der Waals surface area (Å²) in [5.41, 5.74) is 6.04. The van der Waals surface area contributed by atoms with Gasteiger partial charge >= 0.3 is 0 Å². The van der Waals surface area contributed by atoms with Gasteiger partial charge in [-0.1, -0.05) is 26.1 Å². The lowest BCUT2D eigenvalue weighted by Gasteiger charge is -2.25. The van der Waals surface area contributed by atoms with Gasteiger partial charge in [0.1, 0.15) is 0 Å². The molecule has 0 aliphatic rings. The zero-order chi connectivity index (χ0) is 12.6. The summed E-state index contributed by atoms with van der Waals surface area (Å²) < 4.78 is 0. The van der Waals surface area contributed by atoms with Gasteiger partial charge in [0.05, 0.1) is 7.85 Å². The number of nitrogens with two attached hydrogens (primary N) is 1. The molecule has 0 aliphatic carbocycles. The maximum Gasteiger partial charge on any atom is 0.0735 e. The molecule has 94 valence electrons. The highest BCUT2D eigenvalue weighted by atomic mass is 16.3. The van der Waals surface area contributed by atoms with Crippen LogP contribution in [0.3, 0.4) is 0 Å². The molecule has 3 nitrogen and oxygen atoms in total. The maximum atomic E-state index is 9.27. The normalized spacial score (nSPS) is 19.1. The zero-order valence-electron chi connectivity index (χ0n) is 10.9. The van der Waals surface area contributed by atoms with Crippen LogP contribution in [0.15, 0.2) is 0 Å². The highest BCUT2D eigenvalue weighted by Crippen LogP contribution is 2.11. The Hall–Kier alpha value is -0.0551. The SMILES string of the molecule is [B][C@H](CCNC(CCC)C(N)CC)C(C)O. The molecule has 0 aromatic heterocycles. The Morgan fingerprint density at radius 3 is 2.38 bits per heavy atom. The number of nitrogens with one attached hydrogen (secondary N) is 1. The molecule has 4 atom stereocenters. The largest absolute Gasteiger partial charge is 0.394 e. The molecular formula is C12H27BN2O. The smallest absolute Gasteiger partial charge is 0.0735 e. The number of hydrogen-bond donors (Lipinski definition) is 3. The Morgan fingerprint density at radius 1 is 1.31 bits per heavy atom. The predicted molar refractivity (Wildman–Crippen MR) is 70.8 cm³/mol. The molecule has 0 aliphatic heterocycles. The van der Waals surface area contributed by atoms with Crippen LogP contribution in [-0.4, -0.2) is 37.7 Å². The van der Waals surface area contributed by atoms with Crippen molar-refractivity contribution in [1.29, 1.82) is 0 Å². The second-order valence-electron chi connectivity index (χ2n) is 4.61. The summed E-state index contributed by atoms with van der Waals surface area (Å²) in [6.45, 7) is 6.82. The van der Waals surface area contributed by atoms with Gasteiger partial charge in [-0.3, -0.25) is 0 Å². The second kappa shape index (κ2) is 9.02. The molecule has 0 rings (SSSR count). The van der Waals surface area contributed by atoms with Gasteiger partial charge in [0.15, 0.2) is 0 Å². The van der Waals surface area contributed by atoms with Gasteiger partial charge < -0.3 is 16.2 Å². The van der Waals surface area contributed by atoms with Crippen molar-refractivity contribution < 1.29 is 5.11 Å². The third-order valence-corrected chi connectivity index (χ3v) is 3.09. The zero-order valence-corrected chi connectivity index (χ0v) is 10.9. The van der Waals surface area contributed by atoms with E-state index in [1.807, 2.05) is 0 Å². The van der Waals surface area contributed by atoms with Crippen molar-refractivity contribution in [3.05, 3.63) is 0 Å². The lowest BCUT2D eigenvalue weighted by Crippen LogP contribution is -2.45. The summed E-state index contributed by atoms with van der Waals surface area (Å²) in [6, 6.07) is 0.582. The monoisotopic (exact) mass is 226 g/mol. The van der Waals surface area contributed by atoms with Crippen LogP contribution in [0.5, 0.6) is 0 Å². The average molecular weight is 226 g/mol. The van der Waals surface area contributed by atoms with E-state index in [0.717, 1.165) is 32.2 Å². The fourth-order valence-corrected chi connectivity index (χ4v) is 1.74. The first-order chi connectivity index (χ1) is 7.52. The quantitative estimate of drug-likeness (QED) is 0.518. The summed E-state index contributed by atoms with van der Waals surface area (Å²) in [7, 11) is 5.76. The van der Waals surface area contributed by atoms with E-state index in [-0.39, 0.29) is 11.9 Å². The van der Waals surface area contributed by atoms with Crippen LogP contribution in [0.4, 0.5) is 0 Å². The minimum absolute atomic E-state index is 0.146. The van der Waals surface area contributed by atoms with Gasteiger partial charge in [0.25, 0.3) is 0 Å². The molecule has 0 bridgehead atoms. The number of hydrogen-bond acceptors (Lipinski definition) is 3. The van der Waals surface area contributed by atoms with Gasteiger partial charge in [-0.25, -0.2) is 0 Å². The first-order valence-corrected chi connectivity index (χ1v) is 6.45. The van der Waals surface area contributed by atoms with Crippen LogP contribution in [0, 0.1) is 0 Å². The van der Waals surface area contributed by atoms with E-state index in [1.54, 1.807) is 6.92 Å². The van der Waals surface area contributed by atoms with Crippen molar-refractivity contribution in [1.82, 2.24) is 5.32 Å². The van der Waals surface area contributed by atoms with Gasteiger partial charge in [-0.2, -0.15) is 0 Å². The lowest BCUT2D eigenvalue weighted by molar-refractivity contribution is 0.181. The molecule has 0 saturated heterocycles. The van der Waals surface area contributed by atoms with Crippen LogP contribution in [0.2, 0.25) is 5.82 Å². The summed E-state index contributed by atoms with van der Waals surface area (Å²) >= 11 is 0. The van der Waals surface area contributed by atoms with Crippen LogP contribution in [0.25, 0.3) is 0 Å². The Kier molecular flexibility index (Phi) is 8.99. The highest BCUT2D eigenvalue weighted by molar-refractivity contribution is 6.12. The molecule has 4 heteroatoms. The Bertz CT molecular complexity index is 167. The first kappa shape index (κ1) is 15.9. The van der Waals surface area contributed by atoms with Gasteiger partial charge in [0, 0.05) is 18.2 Å². The molecule has 0 aromatic carbocycles. The van der Waals surface area contributed by atoms with Crippen molar-refractivity contribution in [3.8, 4) is 0 Å². The Morgan fingerprint density at radius 2 is 1.94 bits per heavy atom. The molecule has 0 aromatic rings. The molecule has 0 saturated carbocycles. The van der Waals surface area contributed by atoms with E-state index >= 15 is 0 Å². The van der Waals surface area contributed by atoms with Crippen LogP contribution in [0.1, 0.15) is 46.5 Å². The molecule has 4 N–H and O–H groups in total. The van der Waals surface area contributed by atoms with Crippen molar-refractivity contribution >= 4 is 7.85 Å². The first-order valence-electron chi connectivity index (χ1n) is 6.45. The van der Waals surface area contributed by atoms with E-state index in [0.29, 0.717) is 6.04 Å². The minimum atomic E-state index is -0.439. The van der Waals surface area contributed by atoms with Crippen LogP contribution >= 0.6 is 0 Å². The second-order valence-corrected chi connectivity index (χ2v) is 4.61. The Labute approximate surface area is 102 Å². The number of aliphatic hydroxyl groups excluding tert-OH is 1. The summed E-state index contributed by atoms with van der Waals surface area (Å²) in [6.07, 6.45) is 3.56. The molecule has 0 amide bonds. The third-order valence-electron chi connectivity index (χ3n) is 3.09. The van der Waals surface area contributed by atoms with Crippen molar-refractivity contribution in [2.45, 2.75) is 70.5 Å².